The van der Waals surface area contributed by atoms with E-state index in [-0.39, 0.29) is 11.5 Å². The molecule has 28 heavy (non-hydrogen) atoms. The van der Waals surface area contributed by atoms with Gasteiger partial charge in [0.25, 0.3) is 0 Å². The molecule has 5 nitrogen and oxygen atoms in total. The summed E-state index contributed by atoms with van der Waals surface area (Å²) in [5.74, 6) is -2.26. The largest absolute Gasteiger partial charge is 0.360 e. The molecule has 0 aliphatic carbocycles. The van der Waals surface area contributed by atoms with Crippen LogP contribution in [0.3, 0.4) is 0 Å². The molecule has 1 aliphatic rings. The first kappa shape index (κ1) is 17.9. The van der Waals surface area contributed by atoms with E-state index in [4.69, 9.17) is 0 Å². The molecular formula is C21H17F2N3O2. The molecule has 1 aromatic heterocycles. The number of amides is 2. The SMILES string of the molecule is O=C(Nc1cccc(F)c1)C(=O)N1CC=C(c2c[nH]c3cc(F)ccc23)CC1. The van der Waals surface area contributed by atoms with Gasteiger partial charge >= 0.3 is 11.8 Å². The van der Waals surface area contributed by atoms with E-state index in [0.717, 1.165) is 22.6 Å². The van der Waals surface area contributed by atoms with Crippen LogP contribution in [0.25, 0.3) is 16.5 Å². The van der Waals surface area contributed by atoms with Crippen LogP contribution in [0.5, 0.6) is 0 Å². The summed E-state index contributed by atoms with van der Waals surface area (Å²) < 4.78 is 26.6. The third-order valence-electron chi connectivity index (χ3n) is 4.76. The number of nitrogens with zero attached hydrogens (tertiary/aromatic N) is 1. The summed E-state index contributed by atoms with van der Waals surface area (Å²) in [5, 5.41) is 3.33. The number of carbonyl (C=O) groups is 2. The Labute approximate surface area is 159 Å². The maximum absolute atomic E-state index is 13.3. The molecule has 2 amide bonds. The molecule has 0 unspecified atom stereocenters. The highest BCUT2D eigenvalue weighted by molar-refractivity contribution is 6.39. The van der Waals surface area contributed by atoms with E-state index >= 15 is 0 Å². The molecule has 0 saturated heterocycles. The Bertz CT molecular complexity index is 1100. The van der Waals surface area contributed by atoms with Crippen molar-refractivity contribution in [1.29, 1.82) is 0 Å². The number of anilines is 1. The Morgan fingerprint density at radius 3 is 2.64 bits per heavy atom. The van der Waals surface area contributed by atoms with Crippen molar-refractivity contribution in [3.63, 3.8) is 0 Å². The van der Waals surface area contributed by atoms with Crippen molar-refractivity contribution in [3.05, 3.63) is 71.9 Å². The zero-order valence-electron chi connectivity index (χ0n) is 14.8. The van der Waals surface area contributed by atoms with E-state index in [9.17, 15) is 18.4 Å². The van der Waals surface area contributed by atoms with Crippen molar-refractivity contribution < 1.29 is 18.4 Å². The predicted molar refractivity (Wildman–Crippen MR) is 102 cm³/mol. The number of fused-ring (bicyclic) bond motifs is 1. The van der Waals surface area contributed by atoms with Crippen molar-refractivity contribution in [2.45, 2.75) is 6.42 Å². The first-order valence-electron chi connectivity index (χ1n) is 8.83. The van der Waals surface area contributed by atoms with Gasteiger partial charge in [-0.2, -0.15) is 0 Å². The number of benzene rings is 2. The van der Waals surface area contributed by atoms with Crippen LogP contribution in [0.15, 0.2) is 54.7 Å². The van der Waals surface area contributed by atoms with E-state index < -0.39 is 17.6 Å². The first-order chi connectivity index (χ1) is 13.5. The van der Waals surface area contributed by atoms with E-state index in [1.165, 1.54) is 35.2 Å². The van der Waals surface area contributed by atoms with Gasteiger partial charge in [-0.3, -0.25) is 9.59 Å². The van der Waals surface area contributed by atoms with E-state index in [1.54, 1.807) is 6.07 Å². The third-order valence-corrected chi connectivity index (χ3v) is 4.76. The first-order valence-corrected chi connectivity index (χ1v) is 8.83. The van der Waals surface area contributed by atoms with Crippen LogP contribution in [0.1, 0.15) is 12.0 Å². The fraction of sp³-hybridized carbons (Fsp3) is 0.143. The van der Waals surface area contributed by atoms with Crippen molar-refractivity contribution >= 4 is 34.0 Å². The molecule has 0 bridgehead atoms. The second kappa shape index (κ2) is 7.26. The summed E-state index contributed by atoms with van der Waals surface area (Å²) >= 11 is 0. The van der Waals surface area contributed by atoms with Crippen molar-refractivity contribution in [3.8, 4) is 0 Å². The Hall–Kier alpha value is -3.48. The molecule has 4 rings (SSSR count). The summed E-state index contributed by atoms with van der Waals surface area (Å²) in [7, 11) is 0. The molecule has 2 aromatic carbocycles. The molecule has 1 aliphatic heterocycles. The lowest BCUT2D eigenvalue weighted by Crippen LogP contribution is -2.41. The lowest BCUT2D eigenvalue weighted by Gasteiger charge is -2.26. The number of nitrogens with one attached hydrogen (secondary N) is 2. The fourth-order valence-corrected chi connectivity index (χ4v) is 3.36. The number of hydrogen-bond donors (Lipinski definition) is 2. The Kier molecular flexibility index (Phi) is 4.65. The zero-order chi connectivity index (χ0) is 19.7. The summed E-state index contributed by atoms with van der Waals surface area (Å²) in [6.07, 6.45) is 4.29. The number of H-pyrrole nitrogens is 1. The molecule has 2 heterocycles. The van der Waals surface area contributed by atoms with Crippen molar-refractivity contribution in [2.75, 3.05) is 18.4 Å². The molecule has 3 aromatic rings. The van der Waals surface area contributed by atoms with Crippen LogP contribution in [-0.2, 0) is 9.59 Å². The van der Waals surface area contributed by atoms with Gasteiger partial charge in [0.1, 0.15) is 11.6 Å². The number of hydrogen-bond acceptors (Lipinski definition) is 2. The number of halogens is 2. The van der Waals surface area contributed by atoms with Gasteiger partial charge in [0, 0.05) is 41.4 Å². The quantitative estimate of drug-likeness (QED) is 0.665. The minimum absolute atomic E-state index is 0.234. The molecule has 0 radical (unpaired) electrons. The van der Waals surface area contributed by atoms with Crippen LogP contribution >= 0.6 is 0 Å². The molecule has 0 saturated carbocycles. The number of aromatic nitrogens is 1. The summed E-state index contributed by atoms with van der Waals surface area (Å²) in [6.45, 7) is 0.674. The third kappa shape index (κ3) is 3.51. The predicted octanol–water partition coefficient (Wildman–Crippen LogP) is 3.70. The summed E-state index contributed by atoms with van der Waals surface area (Å²) in [5.41, 5.74) is 2.94. The molecule has 0 atom stereocenters. The molecule has 7 heteroatoms. The average molecular weight is 381 g/mol. The highest BCUT2D eigenvalue weighted by Crippen LogP contribution is 2.29. The van der Waals surface area contributed by atoms with Crippen LogP contribution in [0.2, 0.25) is 0 Å². The van der Waals surface area contributed by atoms with Gasteiger partial charge in [0.15, 0.2) is 0 Å². The minimum atomic E-state index is -0.801. The maximum atomic E-state index is 13.3. The van der Waals surface area contributed by atoms with Crippen molar-refractivity contribution in [2.24, 2.45) is 0 Å². The normalized spacial score (nSPS) is 14.1. The molecule has 0 spiro atoms. The maximum Gasteiger partial charge on any atom is 0.313 e. The van der Waals surface area contributed by atoms with Gasteiger partial charge in [-0.05, 0) is 48.4 Å². The number of rotatable bonds is 2. The topological polar surface area (TPSA) is 65.2 Å². The van der Waals surface area contributed by atoms with Gasteiger partial charge in [-0.1, -0.05) is 12.1 Å². The highest BCUT2D eigenvalue weighted by Gasteiger charge is 2.24. The van der Waals surface area contributed by atoms with Gasteiger partial charge in [0.2, 0.25) is 0 Å². The lowest BCUT2D eigenvalue weighted by atomic mass is 9.99. The van der Waals surface area contributed by atoms with Gasteiger partial charge in [-0.25, -0.2) is 8.78 Å². The smallest absolute Gasteiger partial charge is 0.313 e. The van der Waals surface area contributed by atoms with E-state index in [0.29, 0.717) is 25.0 Å². The second-order valence-corrected chi connectivity index (χ2v) is 6.59. The Morgan fingerprint density at radius 2 is 1.89 bits per heavy atom. The molecule has 142 valence electrons. The van der Waals surface area contributed by atoms with Crippen LogP contribution < -0.4 is 5.32 Å². The minimum Gasteiger partial charge on any atom is -0.360 e. The van der Waals surface area contributed by atoms with Gasteiger partial charge in [0.05, 0.1) is 0 Å². The van der Waals surface area contributed by atoms with Gasteiger partial charge in [-0.15, -0.1) is 0 Å². The molecular weight excluding hydrogens is 364 g/mol. The monoisotopic (exact) mass is 381 g/mol. The fourth-order valence-electron chi connectivity index (χ4n) is 3.36. The van der Waals surface area contributed by atoms with E-state index in [1.807, 2.05) is 12.3 Å². The van der Waals surface area contributed by atoms with Crippen molar-refractivity contribution in [1.82, 2.24) is 9.88 Å². The molecule has 0 fully saturated rings. The summed E-state index contributed by atoms with van der Waals surface area (Å²) in [6, 6.07) is 9.96. The highest BCUT2D eigenvalue weighted by atomic mass is 19.1. The average Bonchev–Trinajstić information content (AvgIpc) is 3.10. The van der Waals surface area contributed by atoms with Crippen LogP contribution in [0.4, 0.5) is 14.5 Å². The van der Waals surface area contributed by atoms with Gasteiger partial charge < -0.3 is 15.2 Å². The second-order valence-electron chi connectivity index (χ2n) is 6.59. The lowest BCUT2D eigenvalue weighted by molar-refractivity contribution is -0.142. The summed E-state index contributed by atoms with van der Waals surface area (Å²) in [4.78, 5) is 29.0. The van der Waals surface area contributed by atoms with E-state index in [2.05, 4.69) is 10.3 Å². The number of carbonyl (C=O) groups excluding carboxylic acids is 2. The standard InChI is InChI=1S/C21H17F2N3O2/c22-14-2-1-3-16(10-14)25-20(27)21(28)26-8-6-13(7-9-26)18-12-24-19-11-15(23)4-5-17(18)19/h1-6,10-12,24H,7-9H2,(H,25,27). The Balaban J connectivity index is 1.45. The zero-order valence-corrected chi connectivity index (χ0v) is 14.8. The van der Waals surface area contributed by atoms with Crippen LogP contribution in [-0.4, -0.2) is 34.8 Å². The Morgan fingerprint density at radius 1 is 1.07 bits per heavy atom. The van der Waals surface area contributed by atoms with Crippen LogP contribution in [0, 0.1) is 11.6 Å². The number of aromatic amines is 1. The molecule has 2 N–H and O–H groups in total.